The maximum atomic E-state index is 11.6. The second-order valence-electron chi connectivity index (χ2n) is 4.15. The molecule has 0 unspecified atom stereocenters. The summed E-state index contributed by atoms with van der Waals surface area (Å²) in [5.41, 5.74) is 0.653. The van der Waals surface area contributed by atoms with Crippen molar-refractivity contribution in [1.29, 1.82) is 0 Å². The maximum absolute atomic E-state index is 11.6. The zero-order chi connectivity index (χ0) is 13.3. The van der Waals surface area contributed by atoms with Crippen LogP contribution in [-0.2, 0) is 14.6 Å². The molecule has 2 rings (SSSR count). The lowest BCUT2D eigenvalue weighted by atomic mass is 10.1. The number of anilines is 1. The number of carbonyl (C=O) groups excluding carboxylic acids is 1. The van der Waals surface area contributed by atoms with Gasteiger partial charge in [0, 0.05) is 24.3 Å². The number of fused-ring (bicyclic) bond motifs is 1. The molecule has 0 spiro atoms. The third-order valence-corrected chi connectivity index (χ3v) is 3.72. The highest BCUT2D eigenvalue weighted by Gasteiger charge is 2.11. The number of benzene rings is 2. The molecule has 2 aromatic rings. The molecule has 0 aliphatic rings. The van der Waals surface area contributed by atoms with E-state index in [1.165, 1.54) is 13.2 Å². The van der Waals surface area contributed by atoms with Gasteiger partial charge in [-0.25, -0.2) is 8.42 Å². The van der Waals surface area contributed by atoms with Crippen LogP contribution in [0.5, 0.6) is 0 Å². The van der Waals surface area contributed by atoms with Crippen LogP contribution in [0.2, 0.25) is 0 Å². The summed E-state index contributed by atoms with van der Waals surface area (Å²) >= 11 is 0. The van der Waals surface area contributed by atoms with Gasteiger partial charge >= 0.3 is 0 Å². The van der Waals surface area contributed by atoms with Crippen LogP contribution in [-0.4, -0.2) is 20.6 Å². The van der Waals surface area contributed by atoms with Crippen molar-refractivity contribution in [1.82, 2.24) is 0 Å². The number of carbonyl (C=O) groups is 1. The second-order valence-corrected chi connectivity index (χ2v) is 6.13. The molecular weight excluding hydrogens is 250 g/mol. The van der Waals surface area contributed by atoms with Crippen LogP contribution in [0.3, 0.4) is 0 Å². The number of amides is 1. The van der Waals surface area contributed by atoms with Crippen molar-refractivity contribution in [2.45, 2.75) is 11.8 Å². The Morgan fingerprint density at radius 2 is 1.89 bits per heavy atom. The molecule has 2 aromatic carbocycles. The molecule has 0 saturated carbocycles. The van der Waals surface area contributed by atoms with Gasteiger partial charge in [0.2, 0.25) is 5.91 Å². The summed E-state index contributed by atoms with van der Waals surface area (Å²) in [5.74, 6) is -0.159. The maximum Gasteiger partial charge on any atom is 0.221 e. The van der Waals surface area contributed by atoms with Gasteiger partial charge in [-0.15, -0.1) is 0 Å². The standard InChI is InChI=1S/C13H13NO3S/c1-9(15)14-11-6-7-12-10(8-11)4-3-5-13(12)18(2,16)17/h3-8H,1-2H3,(H,14,15). The molecule has 0 aliphatic heterocycles. The predicted molar refractivity (Wildman–Crippen MR) is 71.4 cm³/mol. The van der Waals surface area contributed by atoms with Gasteiger partial charge in [0.05, 0.1) is 4.90 Å². The highest BCUT2D eigenvalue weighted by Crippen LogP contribution is 2.25. The van der Waals surface area contributed by atoms with Gasteiger partial charge in [0.1, 0.15) is 0 Å². The van der Waals surface area contributed by atoms with Crippen LogP contribution in [0, 0.1) is 0 Å². The summed E-state index contributed by atoms with van der Waals surface area (Å²) in [4.78, 5) is 11.3. The minimum Gasteiger partial charge on any atom is -0.326 e. The molecule has 94 valence electrons. The smallest absolute Gasteiger partial charge is 0.221 e. The molecule has 0 radical (unpaired) electrons. The molecule has 1 amide bonds. The molecule has 0 atom stereocenters. The Hall–Kier alpha value is -1.88. The number of nitrogens with one attached hydrogen (secondary N) is 1. The van der Waals surface area contributed by atoms with E-state index in [4.69, 9.17) is 0 Å². The van der Waals surface area contributed by atoms with E-state index in [1.54, 1.807) is 30.3 Å². The lowest BCUT2D eigenvalue weighted by molar-refractivity contribution is -0.114. The van der Waals surface area contributed by atoms with Crippen LogP contribution >= 0.6 is 0 Å². The van der Waals surface area contributed by atoms with Crippen LogP contribution in [0.1, 0.15) is 6.92 Å². The number of hydrogen-bond donors (Lipinski definition) is 1. The van der Waals surface area contributed by atoms with Crippen molar-refractivity contribution in [2.24, 2.45) is 0 Å². The number of hydrogen-bond acceptors (Lipinski definition) is 3. The minimum atomic E-state index is -3.25. The van der Waals surface area contributed by atoms with Crippen molar-refractivity contribution in [3.63, 3.8) is 0 Å². The fourth-order valence-corrected chi connectivity index (χ4v) is 2.77. The fraction of sp³-hybridized carbons (Fsp3) is 0.154. The number of rotatable bonds is 2. The largest absolute Gasteiger partial charge is 0.326 e. The van der Waals surface area contributed by atoms with Crippen molar-refractivity contribution >= 4 is 32.2 Å². The Morgan fingerprint density at radius 3 is 2.50 bits per heavy atom. The zero-order valence-electron chi connectivity index (χ0n) is 10.1. The molecule has 0 heterocycles. The highest BCUT2D eigenvalue weighted by molar-refractivity contribution is 7.91. The van der Waals surface area contributed by atoms with Gasteiger partial charge < -0.3 is 5.32 Å². The molecule has 0 aromatic heterocycles. The third-order valence-electron chi connectivity index (χ3n) is 2.56. The van der Waals surface area contributed by atoms with Crippen molar-refractivity contribution in [3.05, 3.63) is 36.4 Å². The van der Waals surface area contributed by atoms with Crippen LogP contribution in [0.25, 0.3) is 10.8 Å². The Kier molecular flexibility index (Phi) is 3.09. The van der Waals surface area contributed by atoms with Gasteiger partial charge in [-0.3, -0.25) is 4.79 Å². The van der Waals surface area contributed by atoms with E-state index < -0.39 is 9.84 Å². The minimum absolute atomic E-state index is 0.159. The monoisotopic (exact) mass is 263 g/mol. The Bertz CT molecular complexity index is 720. The molecule has 0 fully saturated rings. The molecular formula is C13H13NO3S. The summed E-state index contributed by atoms with van der Waals surface area (Å²) in [7, 11) is -3.25. The van der Waals surface area contributed by atoms with Crippen molar-refractivity contribution in [3.8, 4) is 0 Å². The Balaban J connectivity index is 2.64. The second kappa shape index (κ2) is 4.42. The average molecular weight is 263 g/mol. The number of sulfone groups is 1. The van der Waals surface area contributed by atoms with Crippen LogP contribution < -0.4 is 5.32 Å². The van der Waals surface area contributed by atoms with Crippen LogP contribution in [0.4, 0.5) is 5.69 Å². The van der Waals surface area contributed by atoms with Crippen molar-refractivity contribution in [2.75, 3.05) is 11.6 Å². The summed E-state index contributed by atoms with van der Waals surface area (Å²) in [6, 6.07) is 10.2. The van der Waals surface area contributed by atoms with Gasteiger partial charge in [0.25, 0.3) is 0 Å². The first-order chi connectivity index (χ1) is 8.38. The Morgan fingerprint density at radius 1 is 1.17 bits per heavy atom. The van der Waals surface area contributed by atoms with E-state index in [9.17, 15) is 13.2 Å². The molecule has 1 N–H and O–H groups in total. The Labute approximate surface area is 106 Å². The topological polar surface area (TPSA) is 63.2 Å². The fourth-order valence-electron chi connectivity index (χ4n) is 1.86. The lowest BCUT2D eigenvalue weighted by Crippen LogP contribution is -2.05. The van der Waals surface area contributed by atoms with Crippen molar-refractivity contribution < 1.29 is 13.2 Å². The van der Waals surface area contributed by atoms with Gasteiger partial charge in [-0.1, -0.05) is 18.2 Å². The normalized spacial score (nSPS) is 11.4. The molecule has 0 saturated heterocycles. The molecule has 18 heavy (non-hydrogen) atoms. The summed E-state index contributed by atoms with van der Waals surface area (Å²) in [6.45, 7) is 1.43. The quantitative estimate of drug-likeness (QED) is 0.903. The SMILES string of the molecule is CC(=O)Nc1ccc2c(S(C)(=O)=O)cccc2c1. The van der Waals surface area contributed by atoms with E-state index in [-0.39, 0.29) is 5.91 Å². The van der Waals surface area contributed by atoms with E-state index in [2.05, 4.69) is 5.32 Å². The average Bonchev–Trinajstić information content (AvgIpc) is 2.25. The first kappa shape index (κ1) is 12.6. The highest BCUT2D eigenvalue weighted by atomic mass is 32.2. The summed E-state index contributed by atoms with van der Waals surface area (Å²) < 4.78 is 23.3. The van der Waals surface area contributed by atoms with E-state index in [0.29, 0.717) is 16.0 Å². The molecule has 0 bridgehead atoms. The summed E-state index contributed by atoms with van der Waals surface area (Å²) in [6.07, 6.45) is 1.18. The zero-order valence-corrected chi connectivity index (χ0v) is 10.9. The van der Waals surface area contributed by atoms with Gasteiger partial charge in [0.15, 0.2) is 9.84 Å². The van der Waals surface area contributed by atoms with E-state index in [0.717, 1.165) is 5.39 Å². The predicted octanol–water partition coefficient (Wildman–Crippen LogP) is 2.20. The first-order valence-corrected chi connectivity index (χ1v) is 7.27. The first-order valence-electron chi connectivity index (χ1n) is 5.38. The van der Waals surface area contributed by atoms with Crippen LogP contribution in [0.15, 0.2) is 41.3 Å². The molecule has 0 aliphatic carbocycles. The summed E-state index contributed by atoms with van der Waals surface area (Å²) in [5, 5.41) is 4.11. The van der Waals surface area contributed by atoms with Gasteiger partial charge in [-0.2, -0.15) is 0 Å². The molecule has 4 nitrogen and oxygen atoms in total. The van der Waals surface area contributed by atoms with E-state index >= 15 is 0 Å². The van der Waals surface area contributed by atoms with Gasteiger partial charge in [-0.05, 0) is 23.6 Å². The lowest BCUT2D eigenvalue weighted by Gasteiger charge is -2.07. The molecule has 5 heteroatoms. The third kappa shape index (κ3) is 2.51. The van der Waals surface area contributed by atoms with E-state index in [1.807, 2.05) is 6.07 Å².